The summed E-state index contributed by atoms with van der Waals surface area (Å²) in [7, 11) is 0. The van der Waals surface area contributed by atoms with Gasteiger partial charge in [0.25, 0.3) is 0 Å². The molecular formula is C12H9Cl3N2S. The van der Waals surface area contributed by atoms with Crippen LogP contribution in [0.2, 0.25) is 15.2 Å². The Labute approximate surface area is 125 Å². The molecule has 0 saturated heterocycles. The van der Waals surface area contributed by atoms with Gasteiger partial charge in [0.2, 0.25) is 0 Å². The molecule has 6 heteroatoms. The number of nitrogens with one attached hydrogen (secondary N) is 1. The summed E-state index contributed by atoms with van der Waals surface area (Å²) in [6.45, 7) is 0. The number of halogens is 3. The van der Waals surface area contributed by atoms with Crippen molar-refractivity contribution in [3.8, 4) is 0 Å². The summed E-state index contributed by atoms with van der Waals surface area (Å²) < 4.78 is 0. The minimum Gasteiger partial charge on any atom is -0.339 e. The molecule has 0 fully saturated rings. The lowest BCUT2D eigenvalue weighted by atomic mass is 10.3. The second-order valence-electron chi connectivity index (χ2n) is 3.44. The lowest BCUT2D eigenvalue weighted by Crippen LogP contribution is -1.95. The van der Waals surface area contributed by atoms with Gasteiger partial charge in [0, 0.05) is 10.6 Å². The molecule has 0 spiro atoms. The van der Waals surface area contributed by atoms with Gasteiger partial charge < -0.3 is 5.32 Å². The number of benzene rings is 1. The van der Waals surface area contributed by atoms with E-state index in [-0.39, 0.29) is 5.15 Å². The number of hydrogen-bond donors (Lipinski definition) is 1. The number of thioether (sulfide) groups is 1. The molecule has 0 unspecified atom stereocenters. The van der Waals surface area contributed by atoms with Crippen LogP contribution < -0.4 is 5.32 Å². The number of pyridine rings is 1. The van der Waals surface area contributed by atoms with Crippen molar-refractivity contribution in [3.05, 3.63) is 45.5 Å². The van der Waals surface area contributed by atoms with Crippen LogP contribution in [0.3, 0.4) is 0 Å². The van der Waals surface area contributed by atoms with E-state index in [0.29, 0.717) is 15.9 Å². The van der Waals surface area contributed by atoms with Crippen molar-refractivity contribution in [1.82, 2.24) is 4.98 Å². The Kier molecular flexibility index (Phi) is 4.62. The first-order chi connectivity index (χ1) is 8.60. The van der Waals surface area contributed by atoms with Crippen LogP contribution in [0.1, 0.15) is 0 Å². The van der Waals surface area contributed by atoms with Crippen molar-refractivity contribution in [2.45, 2.75) is 4.90 Å². The largest absolute Gasteiger partial charge is 0.339 e. The molecule has 0 aliphatic rings. The maximum absolute atomic E-state index is 6.04. The van der Waals surface area contributed by atoms with E-state index in [0.717, 1.165) is 5.69 Å². The summed E-state index contributed by atoms with van der Waals surface area (Å²) in [4.78, 5) is 5.28. The fourth-order valence-corrected chi connectivity index (χ4v) is 2.30. The highest BCUT2D eigenvalue weighted by molar-refractivity contribution is 7.98. The fourth-order valence-electron chi connectivity index (χ4n) is 1.34. The molecule has 18 heavy (non-hydrogen) atoms. The Morgan fingerprint density at radius 3 is 2.33 bits per heavy atom. The van der Waals surface area contributed by atoms with Crippen LogP contribution in [0.4, 0.5) is 11.5 Å². The Morgan fingerprint density at radius 2 is 1.72 bits per heavy atom. The maximum atomic E-state index is 6.04. The van der Waals surface area contributed by atoms with Crippen molar-refractivity contribution in [2.24, 2.45) is 0 Å². The van der Waals surface area contributed by atoms with Gasteiger partial charge in [-0.3, -0.25) is 0 Å². The Morgan fingerprint density at radius 1 is 1.06 bits per heavy atom. The van der Waals surface area contributed by atoms with Gasteiger partial charge in [0.1, 0.15) is 5.15 Å². The average Bonchev–Trinajstić information content (AvgIpc) is 2.37. The van der Waals surface area contributed by atoms with Crippen LogP contribution in [0, 0.1) is 0 Å². The van der Waals surface area contributed by atoms with E-state index < -0.39 is 0 Å². The molecule has 2 rings (SSSR count). The van der Waals surface area contributed by atoms with Gasteiger partial charge in [0.05, 0.1) is 10.0 Å². The highest BCUT2D eigenvalue weighted by Gasteiger charge is 2.07. The smallest absolute Gasteiger partial charge is 0.151 e. The van der Waals surface area contributed by atoms with Gasteiger partial charge in [0.15, 0.2) is 5.82 Å². The number of hydrogen-bond acceptors (Lipinski definition) is 3. The molecule has 2 nitrogen and oxygen atoms in total. The van der Waals surface area contributed by atoms with Crippen LogP contribution >= 0.6 is 46.6 Å². The molecule has 1 N–H and O–H groups in total. The molecule has 0 radical (unpaired) electrons. The van der Waals surface area contributed by atoms with Gasteiger partial charge in [-0.05, 0) is 36.6 Å². The summed E-state index contributed by atoms with van der Waals surface area (Å²) in [5.74, 6) is 0.489. The molecule has 0 amide bonds. The highest BCUT2D eigenvalue weighted by atomic mass is 35.5. The summed E-state index contributed by atoms with van der Waals surface area (Å²) in [6, 6.07) is 9.49. The topological polar surface area (TPSA) is 24.9 Å². The van der Waals surface area contributed by atoms with E-state index in [1.807, 2.05) is 30.5 Å². The molecule has 0 bridgehead atoms. The predicted molar refractivity (Wildman–Crippen MR) is 80.8 cm³/mol. The molecule has 0 aliphatic carbocycles. The standard InChI is InChI=1S/C12H9Cl3N2S/c1-18-8-4-2-7(3-5-8)16-12-10(14)6-9(13)11(15)17-12/h2-6H,1H3,(H,16,17). The zero-order valence-corrected chi connectivity index (χ0v) is 12.5. The lowest BCUT2D eigenvalue weighted by molar-refractivity contribution is 1.30. The third kappa shape index (κ3) is 3.23. The quantitative estimate of drug-likeness (QED) is 0.596. The van der Waals surface area contributed by atoms with Crippen molar-refractivity contribution in [2.75, 3.05) is 11.6 Å². The van der Waals surface area contributed by atoms with Gasteiger partial charge in [-0.1, -0.05) is 34.8 Å². The van der Waals surface area contributed by atoms with Crippen LogP contribution in [0.15, 0.2) is 35.2 Å². The van der Waals surface area contributed by atoms with Crippen molar-refractivity contribution in [1.29, 1.82) is 0 Å². The molecule has 0 atom stereocenters. The lowest BCUT2D eigenvalue weighted by Gasteiger charge is -2.09. The molecule has 1 aromatic heterocycles. The minimum atomic E-state index is 0.226. The third-order valence-electron chi connectivity index (χ3n) is 2.24. The molecule has 94 valence electrons. The van der Waals surface area contributed by atoms with Crippen LogP contribution in [0.5, 0.6) is 0 Å². The van der Waals surface area contributed by atoms with Crippen molar-refractivity contribution >= 4 is 58.1 Å². The molecule has 0 saturated carbocycles. The third-order valence-corrected chi connectivity index (χ3v) is 3.94. The average molecular weight is 320 g/mol. The van der Waals surface area contributed by atoms with E-state index in [9.17, 15) is 0 Å². The predicted octanol–water partition coefficient (Wildman–Crippen LogP) is 5.51. The van der Waals surface area contributed by atoms with Crippen LogP contribution in [0.25, 0.3) is 0 Å². The van der Waals surface area contributed by atoms with Gasteiger partial charge in [-0.15, -0.1) is 11.8 Å². The van der Waals surface area contributed by atoms with Gasteiger partial charge >= 0.3 is 0 Å². The van der Waals surface area contributed by atoms with E-state index in [4.69, 9.17) is 34.8 Å². The second-order valence-corrected chi connectivity index (χ2v) is 5.50. The van der Waals surface area contributed by atoms with Gasteiger partial charge in [-0.25, -0.2) is 4.98 Å². The van der Waals surface area contributed by atoms with Gasteiger partial charge in [-0.2, -0.15) is 0 Å². The Bertz CT molecular complexity index is 558. The van der Waals surface area contributed by atoms with E-state index >= 15 is 0 Å². The Balaban J connectivity index is 2.25. The first kappa shape index (κ1) is 13.8. The summed E-state index contributed by atoms with van der Waals surface area (Å²) in [5, 5.41) is 4.09. The zero-order chi connectivity index (χ0) is 13.1. The number of anilines is 2. The molecule has 0 aliphatic heterocycles. The maximum Gasteiger partial charge on any atom is 0.151 e. The highest BCUT2D eigenvalue weighted by Crippen LogP contribution is 2.31. The second kappa shape index (κ2) is 6.02. The van der Waals surface area contributed by atoms with Crippen LogP contribution in [-0.4, -0.2) is 11.2 Å². The Hall–Kier alpha value is -0.610. The first-order valence-electron chi connectivity index (χ1n) is 5.03. The molecular weight excluding hydrogens is 311 g/mol. The monoisotopic (exact) mass is 318 g/mol. The SMILES string of the molecule is CSc1ccc(Nc2nc(Cl)c(Cl)cc2Cl)cc1. The minimum absolute atomic E-state index is 0.226. The summed E-state index contributed by atoms with van der Waals surface area (Å²) >= 11 is 19.4. The zero-order valence-electron chi connectivity index (χ0n) is 9.38. The number of rotatable bonds is 3. The fraction of sp³-hybridized carbons (Fsp3) is 0.0833. The van der Waals surface area contributed by atoms with Crippen molar-refractivity contribution in [3.63, 3.8) is 0 Å². The molecule has 1 heterocycles. The van der Waals surface area contributed by atoms with E-state index in [2.05, 4.69) is 10.3 Å². The molecule has 2 aromatic rings. The van der Waals surface area contributed by atoms with E-state index in [1.165, 1.54) is 4.90 Å². The first-order valence-corrected chi connectivity index (χ1v) is 7.38. The summed E-state index contributed by atoms with van der Waals surface area (Å²) in [6.07, 6.45) is 2.03. The number of nitrogens with zero attached hydrogens (tertiary/aromatic N) is 1. The van der Waals surface area contributed by atoms with Crippen molar-refractivity contribution < 1.29 is 0 Å². The van der Waals surface area contributed by atoms with Crippen LogP contribution in [-0.2, 0) is 0 Å². The normalized spacial score (nSPS) is 10.4. The van der Waals surface area contributed by atoms with E-state index in [1.54, 1.807) is 17.8 Å². The summed E-state index contributed by atoms with van der Waals surface area (Å²) in [5.41, 5.74) is 0.889. The molecule has 1 aromatic carbocycles. The number of aromatic nitrogens is 1.